The van der Waals surface area contributed by atoms with Crippen LogP contribution in [-0.2, 0) is 0 Å². The molecule has 0 aliphatic carbocycles. The molecule has 2 rings (SSSR count). The Kier molecular flexibility index (Phi) is 3.34. The zero-order valence-electron chi connectivity index (χ0n) is 10.1. The lowest BCUT2D eigenvalue weighted by atomic mass is 10.1. The van der Waals surface area contributed by atoms with Crippen molar-refractivity contribution in [1.82, 2.24) is 0 Å². The Balaban J connectivity index is 2.45. The van der Waals surface area contributed by atoms with E-state index in [0.717, 1.165) is 0 Å². The highest BCUT2D eigenvalue weighted by Gasteiger charge is 2.16. The number of phenolic OH excluding ortho intramolecular Hbond substituents is 1. The maximum Gasteiger partial charge on any atom is 0.183 e. The third-order valence-electron chi connectivity index (χ3n) is 2.78. The molecule has 19 heavy (non-hydrogen) atoms. The number of aromatic hydroxyl groups is 1. The van der Waals surface area contributed by atoms with Gasteiger partial charge in [-0.05, 0) is 36.4 Å². The number of hydrogen-bond donors (Lipinski definition) is 1. The van der Waals surface area contributed by atoms with Crippen molar-refractivity contribution in [1.29, 1.82) is 5.26 Å². The second kappa shape index (κ2) is 4.94. The Morgan fingerprint density at radius 2 is 1.68 bits per heavy atom. The van der Waals surface area contributed by atoms with Crippen LogP contribution in [0.1, 0.15) is 5.56 Å². The maximum atomic E-state index is 13.8. The number of nitrogens with zero attached hydrogens (tertiary/aromatic N) is 2. The fourth-order valence-electron chi connectivity index (χ4n) is 1.70. The van der Waals surface area contributed by atoms with Crippen LogP contribution in [0.5, 0.6) is 5.75 Å². The number of benzene rings is 2. The lowest BCUT2D eigenvalue weighted by Gasteiger charge is -2.20. The predicted molar refractivity (Wildman–Crippen MR) is 67.2 cm³/mol. The molecule has 0 aromatic heterocycles. The summed E-state index contributed by atoms with van der Waals surface area (Å²) < 4.78 is 27.4. The van der Waals surface area contributed by atoms with Gasteiger partial charge in [-0.3, -0.25) is 0 Å². The van der Waals surface area contributed by atoms with Gasteiger partial charge in [0.05, 0.1) is 11.3 Å². The molecular weight excluding hydrogens is 250 g/mol. The summed E-state index contributed by atoms with van der Waals surface area (Å²) in [6.07, 6.45) is 0. The number of anilines is 2. The fourth-order valence-corrected chi connectivity index (χ4v) is 1.70. The van der Waals surface area contributed by atoms with Crippen LogP contribution in [0.15, 0.2) is 36.4 Å². The van der Waals surface area contributed by atoms with Gasteiger partial charge in [0.1, 0.15) is 11.8 Å². The van der Waals surface area contributed by atoms with E-state index < -0.39 is 11.6 Å². The molecule has 0 aliphatic heterocycles. The highest BCUT2D eigenvalue weighted by molar-refractivity contribution is 5.64. The van der Waals surface area contributed by atoms with Gasteiger partial charge >= 0.3 is 0 Å². The molecule has 5 heteroatoms. The first kappa shape index (κ1) is 12.8. The van der Waals surface area contributed by atoms with Gasteiger partial charge in [0.15, 0.2) is 11.6 Å². The van der Waals surface area contributed by atoms with E-state index >= 15 is 0 Å². The average Bonchev–Trinajstić information content (AvgIpc) is 2.42. The minimum absolute atomic E-state index is 0.0159. The third kappa shape index (κ3) is 2.33. The summed E-state index contributed by atoms with van der Waals surface area (Å²) in [5.41, 5.74) is 0.267. The quantitative estimate of drug-likeness (QED) is 0.901. The molecule has 0 saturated carbocycles. The van der Waals surface area contributed by atoms with Crippen LogP contribution in [0.25, 0.3) is 0 Å². The molecule has 0 bridgehead atoms. The van der Waals surface area contributed by atoms with E-state index in [9.17, 15) is 13.9 Å². The van der Waals surface area contributed by atoms with Crippen LogP contribution in [0.4, 0.5) is 20.2 Å². The van der Waals surface area contributed by atoms with Crippen molar-refractivity contribution >= 4 is 11.4 Å². The van der Waals surface area contributed by atoms with Crippen LogP contribution < -0.4 is 4.90 Å². The highest BCUT2D eigenvalue weighted by Crippen LogP contribution is 2.29. The van der Waals surface area contributed by atoms with E-state index in [-0.39, 0.29) is 17.0 Å². The van der Waals surface area contributed by atoms with E-state index in [2.05, 4.69) is 0 Å². The summed E-state index contributed by atoms with van der Waals surface area (Å²) in [5.74, 6) is -2.15. The lowest BCUT2D eigenvalue weighted by molar-refractivity contribution is 0.475. The highest BCUT2D eigenvalue weighted by atomic mass is 19.2. The fraction of sp³-hybridized carbons (Fsp3) is 0.0714. The normalized spacial score (nSPS) is 10.0. The summed E-state index contributed by atoms with van der Waals surface area (Å²) in [6, 6.07) is 10.2. The molecule has 3 nitrogen and oxygen atoms in total. The van der Waals surface area contributed by atoms with Crippen LogP contribution in [0, 0.1) is 23.0 Å². The molecule has 0 atom stereocenters. The largest absolute Gasteiger partial charge is 0.508 e. The van der Waals surface area contributed by atoms with Gasteiger partial charge < -0.3 is 10.0 Å². The van der Waals surface area contributed by atoms with Crippen molar-refractivity contribution in [2.24, 2.45) is 0 Å². The first-order valence-corrected chi connectivity index (χ1v) is 5.45. The van der Waals surface area contributed by atoms with E-state index in [1.54, 1.807) is 25.2 Å². The lowest BCUT2D eigenvalue weighted by Crippen LogP contribution is -2.12. The van der Waals surface area contributed by atoms with Crippen LogP contribution in [0.2, 0.25) is 0 Å². The second-order valence-electron chi connectivity index (χ2n) is 3.95. The zero-order valence-corrected chi connectivity index (χ0v) is 10.1. The standard InChI is InChI=1S/C14H10F2N2O/c1-18(10-3-5-11(19)6-4-10)12-7-2-9(8-17)13(15)14(12)16/h2-7,19H,1H3. The molecule has 0 saturated heterocycles. The number of rotatable bonds is 2. The Bertz CT molecular complexity index is 648. The minimum Gasteiger partial charge on any atom is -0.508 e. The van der Waals surface area contributed by atoms with Crippen LogP contribution in [-0.4, -0.2) is 12.2 Å². The van der Waals surface area contributed by atoms with Gasteiger partial charge in [-0.25, -0.2) is 8.78 Å². The molecule has 1 N–H and O–H groups in total. The van der Waals surface area contributed by atoms with Crippen LogP contribution in [0.3, 0.4) is 0 Å². The van der Waals surface area contributed by atoms with Crippen molar-refractivity contribution in [2.75, 3.05) is 11.9 Å². The van der Waals surface area contributed by atoms with Gasteiger partial charge in [0, 0.05) is 12.7 Å². The first-order chi connectivity index (χ1) is 9.04. The number of phenols is 1. The van der Waals surface area contributed by atoms with E-state index in [1.165, 1.54) is 29.2 Å². The minimum atomic E-state index is -1.16. The smallest absolute Gasteiger partial charge is 0.183 e. The van der Waals surface area contributed by atoms with E-state index in [4.69, 9.17) is 5.26 Å². The number of hydrogen-bond acceptors (Lipinski definition) is 3. The summed E-state index contributed by atoms with van der Waals surface area (Å²) in [6.45, 7) is 0. The molecule has 0 spiro atoms. The van der Waals surface area contributed by atoms with E-state index in [0.29, 0.717) is 5.69 Å². The van der Waals surface area contributed by atoms with Gasteiger partial charge in [0.25, 0.3) is 0 Å². The molecule has 96 valence electrons. The molecule has 2 aromatic rings. The molecule has 0 heterocycles. The number of nitriles is 1. The van der Waals surface area contributed by atoms with Gasteiger partial charge in [-0.15, -0.1) is 0 Å². The van der Waals surface area contributed by atoms with Gasteiger partial charge in [-0.2, -0.15) is 5.26 Å². The monoisotopic (exact) mass is 260 g/mol. The molecule has 2 aromatic carbocycles. The Hall–Kier alpha value is -2.61. The van der Waals surface area contributed by atoms with E-state index in [1.807, 2.05) is 0 Å². The third-order valence-corrected chi connectivity index (χ3v) is 2.78. The van der Waals surface area contributed by atoms with Crippen molar-refractivity contribution in [3.8, 4) is 11.8 Å². The van der Waals surface area contributed by atoms with Crippen LogP contribution >= 0.6 is 0 Å². The first-order valence-electron chi connectivity index (χ1n) is 5.45. The summed E-state index contributed by atoms with van der Waals surface area (Å²) in [4.78, 5) is 1.43. The SMILES string of the molecule is CN(c1ccc(O)cc1)c1ccc(C#N)c(F)c1F. The summed E-state index contributed by atoms with van der Waals surface area (Å²) in [7, 11) is 1.57. The molecule has 0 unspecified atom stereocenters. The molecular formula is C14H10F2N2O. The summed E-state index contributed by atoms with van der Waals surface area (Å²) in [5, 5.41) is 17.8. The van der Waals surface area contributed by atoms with Crippen molar-refractivity contribution < 1.29 is 13.9 Å². The topological polar surface area (TPSA) is 47.3 Å². The van der Waals surface area contributed by atoms with Gasteiger partial charge in [-0.1, -0.05) is 0 Å². The second-order valence-corrected chi connectivity index (χ2v) is 3.95. The average molecular weight is 260 g/mol. The number of halogens is 2. The Labute approximate surface area is 108 Å². The molecule has 0 aliphatic rings. The van der Waals surface area contributed by atoms with Crippen molar-refractivity contribution in [3.63, 3.8) is 0 Å². The molecule has 0 fully saturated rings. The Morgan fingerprint density at radius 1 is 1.05 bits per heavy atom. The molecule has 0 amide bonds. The zero-order chi connectivity index (χ0) is 14.0. The van der Waals surface area contributed by atoms with Crippen molar-refractivity contribution in [2.45, 2.75) is 0 Å². The van der Waals surface area contributed by atoms with Gasteiger partial charge in [0.2, 0.25) is 0 Å². The van der Waals surface area contributed by atoms with Crippen molar-refractivity contribution in [3.05, 3.63) is 53.6 Å². The predicted octanol–water partition coefficient (Wildman–Crippen LogP) is 3.31. The summed E-state index contributed by atoms with van der Waals surface area (Å²) >= 11 is 0. The maximum absolute atomic E-state index is 13.8. The molecule has 0 radical (unpaired) electrons. The Morgan fingerprint density at radius 3 is 2.26 bits per heavy atom.